The molecule has 1 aromatic heterocycles. The Balaban J connectivity index is 1.69. The number of hydrogen-bond donors (Lipinski definition) is 0. The molecule has 0 saturated heterocycles. The molecule has 0 amide bonds. The summed E-state index contributed by atoms with van der Waals surface area (Å²) in [5.41, 5.74) is 1.25. The van der Waals surface area contributed by atoms with Crippen molar-refractivity contribution < 1.29 is 0 Å². The molecule has 0 radical (unpaired) electrons. The van der Waals surface area contributed by atoms with Gasteiger partial charge in [-0.25, -0.2) is 0 Å². The van der Waals surface area contributed by atoms with Gasteiger partial charge in [-0.2, -0.15) is 0 Å². The van der Waals surface area contributed by atoms with Gasteiger partial charge in [-0.1, -0.05) is 116 Å². The topological polar surface area (TPSA) is 12.9 Å². The maximum absolute atomic E-state index is 4.39. The minimum absolute atomic E-state index is 1.15. The summed E-state index contributed by atoms with van der Waals surface area (Å²) in [5, 5.41) is 0. The average Bonchev–Trinajstić information content (AvgIpc) is 2.65. The molecule has 0 aromatic carbocycles. The Bertz CT molecular complexity index is 360. The van der Waals surface area contributed by atoms with E-state index in [2.05, 4.69) is 24.0 Å². The van der Waals surface area contributed by atoms with Crippen molar-refractivity contribution in [3.8, 4) is 0 Å². The van der Waals surface area contributed by atoms with Crippen molar-refractivity contribution in [3.05, 3.63) is 30.1 Å². The molecule has 1 heteroatoms. The lowest BCUT2D eigenvalue weighted by molar-refractivity contribution is 0.527. The first-order chi connectivity index (χ1) is 12.4. The number of aryl methyl sites for hydroxylation is 1. The van der Waals surface area contributed by atoms with Gasteiger partial charge in [-0.3, -0.25) is 4.98 Å². The van der Waals surface area contributed by atoms with Crippen molar-refractivity contribution in [2.45, 2.75) is 122 Å². The average molecular weight is 346 g/mol. The van der Waals surface area contributed by atoms with Crippen LogP contribution < -0.4 is 0 Å². The van der Waals surface area contributed by atoms with E-state index in [-0.39, 0.29) is 0 Å². The zero-order valence-electron chi connectivity index (χ0n) is 17.0. The van der Waals surface area contributed by atoms with Gasteiger partial charge in [-0.05, 0) is 25.0 Å². The summed E-state index contributed by atoms with van der Waals surface area (Å²) in [6.07, 6.45) is 27.5. The summed E-state index contributed by atoms with van der Waals surface area (Å²) in [6.45, 7) is 2.30. The van der Waals surface area contributed by atoms with Crippen LogP contribution >= 0.6 is 0 Å². The van der Waals surface area contributed by atoms with Gasteiger partial charge in [0.25, 0.3) is 0 Å². The predicted octanol–water partition coefficient (Wildman–Crippen LogP) is 8.28. The van der Waals surface area contributed by atoms with Crippen molar-refractivity contribution in [3.63, 3.8) is 0 Å². The van der Waals surface area contributed by atoms with Crippen molar-refractivity contribution in [2.75, 3.05) is 0 Å². The molecular weight excluding hydrogens is 302 g/mol. The summed E-state index contributed by atoms with van der Waals surface area (Å²) < 4.78 is 0. The highest BCUT2D eigenvalue weighted by atomic mass is 14.7. The van der Waals surface area contributed by atoms with Crippen LogP contribution in [0, 0.1) is 0 Å². The first kappa shape index (κ1) is 22.2. The lowest BCUT2D eigenvalue weighted by Crippen LogP contribution is -1.89. The standard InChI is InChI=1S/C24H43N/c1-2-3-4-5-6-7-8-9-10-11-12-13-14-15-16-17-18-21-24-22-19-20-23-25-24/h19-20,22-23H,2-18,21H2,1H3. The van der Waals surface area contributed by atoms with E-state index < -0.39 is 0 Å². The van der Waals surface area contributed by atoms with Crippen LogP contribution in [0.1, 0.15) is 122 Å². The smallest absolute Gasteiger partial charge is 0.0403 e. The quantitative estimate of drug-likeness (QED) is 0.244. The fraction of sp³-hybridized carbons (Fsp3) is 0.792. The molecule has 0 aliphatic rings. The van der Waals surface area contributed by atoms with E-state index in [1.165, 1.54) is 115 Å². The molecule has 0 saturated carbocycles. The number of unbranched alkanes of at least 4 members (excludes halogenated alkanes) is 16. The van der Waals surface area contributed by atoms with Crippen LogP contribution in [0.25, 0.3) is 0 Å². The summed E-state index contributed by atoms with van der Waals surface area (Å²) in [6, 6.07) is 6.24. The number of hydrogen-bond acceptors (Lipinski definition) is 1. The van der Waals surface area contributed by atoms with E-state index >= 15 is 0 Å². The number of pyridine rings is 1. The van der Waals surface area contributed by atoms with Crippen molar-refractivity contribution in [1.82, 2.24) is 4.98 Å². The van der Waals surface area contributed by atoms with Gasteiger partial charge in [0.1, 0.15) is 0 Å². The van der Waals surface area contributed by atoms with Crippen LogP contribution in [0.2, 0.25) is 0 Å². The minimum Gasteiger partial charge on any atom is -0.261 e. The molecule has 0 fully saturated rings. The van der Waals surface area contributed by atoms with Gasteiger partial charge in [0.05, 0.1) is 0 Å². The molecule has 1 rings (SSSR count). The van der Waals surface area contributed by atoms with Crippen LogP contribution in [0.15, 0.2) is 24.4 Å². The first-order valence-electron chi connectivity index (χ1n) is 11.3. The van der Waals surface area contributed by atoms with E-state index in [1.807, 2.05) is 12.3 Å². The number of rotatable bonds is 18. The fourth-order valence-corrected chi connectivity index (χ4v) is 3.58. The molecule has 25 heavy (non-hydrogen) atoms. The zero-order valence-corrected chi connectivity index (χ0v) is 17.0. The van der Waals surface area contributed by atoms with Gasteiger partial charge >= 0.3 is 0 Å². The first-order valence-corrected chi connectivity index (χ1v) is 11.3. The normalized spacial score (nSPS) is 11.1. The molecular formula is C24H43N. The van der Waals surface area contributed by atoms with Crippen LogP contribution in [-0.2, 0) is 6.42 Å². The Morgan fingerprint density at radius 1 is 0.560 bits per heavy atom. The van der Waals surface area contributed by atoms with Gasteiger partial charge < -0.3 is 0 Å². The van der Waals surface area contributed by atoms with Crippen LogP contribution in [0.3, 0.4) is 0 Å². The van der Waals surface area contributed by atoms with Gasteiger partial charge in [0.15, 0.2) is 0 Å². The molecule has 1 heterocycles. The van der Waals surface area contributed by atoms with E-state index in [4.69, 9.17) is 0 Å². The van der Waals surface area contributed by atoms with E-state index in [1.54, 1.807) is 0 Å². The third kappa shape index (κ3) is 15.1. The zero-order chi connectivity index (χ0) is 17.8. The molecule has 0 bridgehead atoms. The van der Waals surface area contributed by atoms with E-state index in [0.29, 0.717) is 0 Å². The maximum atomic E-state index is 4.39. The summed E-state index contributed by atoms with van der Waals surface area (Å²) in [7, 11) is 0. The minimum atomic E-state index is 1.15. The second-order valence-corrected chi connectivity index (χ2v) is 7.73. The molecule has 0 aliphatic heterocycles. The second kappa shape index (κ2) is 18.0. The third-order valence-corrected chi connectivity index (χ3v) is 5.26. The van der Waals surface area contributed by atoms with Crippen molar-refractivity contribution in [2.24, 2.45) is 0 Å². The lowest BCUT2D eigenvalue weighted by Gasteiger charge is -2.04. The Kier molecular flexibility index (Phi) is 15.9. The van der Waals surface area contributed by atoms with E-state index in [9.17, 15) is 0 Å². The maximum Gasteiger partial charge on any atom is 0.0403 e. The monoisotopic (exact) mass is 345 g/mol. The SMILES string of the molecule is CCCCCCCCCCCCCCCCCCCc1ccccn1. The largest absolute Gasteiger partial charge is 0.261 e. The number of aromatic nitrogens is 1. The molecule has 1 aromatic rings. The third-order valence-electron chi connectivity index (χ3n) is 5.26. The highest BCUT2D eigenvalue weighted by Gasteiger charge is 1.96. The summed E-state index contributed by atoms with van der Waals surface area (Å²) >= 11 is 0. The second-order valence-electron chi connectivity index (χ2n) is 7.73. The Hall–Kier alpha value is -0.850. The molecule has 0 N–H and O–H groups in total. The van der Waals surface area contributed by atoms with Crippen molar-refractivity contribution in [1.29, 1.82) is 0 Å². The molecule has 0 aliphatic carbocycles. The Morgan fingerprint density at radius 2 is 1.00 bits per heavy atom. The molecule has 144 valence electrons. The molecule has 1 nitrogen and oxygen atoms in total. The fourth-order valence-electron chi connectivity index (χ4n) is 3.58. The highest BCUT2D eigenvalue weighted by molar-refractivity contribution is 5.03. The van der Waals surface area contributed by atoms with Gasteiger partial charge in [-0.15, -0.1) is 0 Å². The molecule has 0 atom stereocenters. The van der Waals surface area contributed by atoms with Crippen LogP contribution in [0.5, 0.6) is 0 Å². The van der Waals surface area contributed by atoms with E-state index in [0.717, 1.165) is 6.42 Å². The highest BCUT2D eigenvalue weighted by Crippen LogP contribution is 2.14. The van der Waals surface area contributed by atoms with Gasteiger partial charge in [0.2, 0.25) is 0 Å². The Morgan fingerprint density at radius 3 is 1.40 bits per heavy atom. The van der Waals surface area contributed by atoms with Crippen molar-refractivity contribution >= 4 is 0 Å². The van der Waals surface area contributed by atoms with Crippen LogP contribution in [-0.4, -0.2) is 4.98 Å². The molecule has 0 unspecified atom stereocenters. The Labute approximate surface area is 158 Å². The van der Waals surface area contributed by atoms with Gasteiger partial charge in [0, 0.05) is 11.9 Å². The molecule has 0 spiro atoms. The number of nitrogens with zero attached hydrogens (tertiary/aromatic N) is 1. The predicted molar refractivity (Wildman–Crippen MR) is 112 cm³/mol. The van der Waals surface area contributed by atoms with Crippen LogP contribution in [0.4, 0.5) is 0 Å². The lowest BCUT2D eigenvalue weighted by atomic mass is 10.0. The summed E-state index contributed by atoms with van der Waals surface area (Å²) in [4.78, 5) is 4.39. The summed E-state index contributed by atoms with van der Waals surface area (Å²) in [5.74, 6) is 0.